The first-order chi connectivity index (χ1) is 10.3. The van der Waals surface area contributed by atoms with Gasteiger partial charge in [-0.3, -0.25) is 4.79 Å². The van der Waals surface area contributed by atoms with E-state index in [2.05, 4.69) is 15.4 Å². The number of amides is 1. The molecule has 2 N–H and O–H groups in total. The SMILES string of the molecule is Cl.O=C(Nc1cc(F)ccc1OCC(F)(F)F)C1CCNCC1. The molecule has 9 heteroatoms. The van der Waals surface area contributed by atoms with Gasteiger partial charge in [-0.2, -0.15) is 13.2 Å². The van der Waals surface area contributed by atoms with Gasteiger partial charge in [-0.05, 0) is 38.1 Å². The molecular formula is C14H17ClF4N2O2. The lowest BCUT2D eigenvalue weighted by molar-refractivity contribution is -0.153. The average Bonchev–Trinajstić information content (AvgIpc) is 2.46. The summed E-state index contributed by atoms with van der Waals surface area (Å²) in [7, 11) is 0. The second-order valence-electron chi connectivity index (χ2n) is 5.06. The number of rotatable bonds is 4. The molecule has 1 aromatic carbocycles. The zero-order valence-electron chi connectivity index (χ0n) is 12.1. The van der Waals surface area contributed by atoms with Gasteiger partial charge in [0, 0.05) is 12.0 Å². The van der Waals surface area contributed by atoms with Crippen LogP contribution in [0, 0.1) is 11.7 Å². The predicted molar refractivity (Wildman–Crippen MR) is 79.4 cm³/mol. The van der Waals surface area contributed by atoms with E-state index in [1.807, 2.05) is 0 Å². The molecule has 0 saturated carbocycles. The first kappa shape index (κ1) is 19.5. The minimum absolute atomic E-state index is 0. The summed E-state index contributed by atoms with van der Waals surface area (Å²) in [5.41, 5.74) is -0.0900. The Hall–Kier alpha value is -1.54. The molecule has 1 heterocycles. The zero-order valence-corrected chi connectivity index (χ0v) is 12.9. The largest absolute Gasteiger partial charge is 0.482 e. The number of hydrogen-bond acceptors (Lipinski definition) is 3. The van der Waals surface area contributed by atoms with Crippen molar-refractivity contribution in [2.24, 2.45) is 5.92 Å². The minimum atomic E-state index is -4.51. The summed E-state index contributed by atoms with van der Waals surface area (Å²) < 4.78 is 54.5. The van der Waals surface area contributed by atoms with Gasteiger partial charge in [-0.15, -0.1) is 12.4 Å². The van der Waals surface area contributed by atoms with E-state index in [0.29, 0.717) is 25.9 Å². The highest BCUT2D eigenvalue weighted by Crippen LogP contribution is 2.28. The Bertz CT molecular complexity index is 534. The summed E-state index contributed by atoms with van der Waals surface area (Å²) in [6.45, 7) is -0.119. The third kappa shape index (κ3) is 6.23. The van der Waals surface area contributed by atoms with Gasteiger partial charge >= 0.3 is 6.18 Å². The molecule has 0 spiro atoms. The Kier molecular flexibility index (Phi) is 7.08. The molecule has 0 radical (unpaired) electrons. The number of anilines is 1. The molecule has 1 aliphatic heterocycles. The Balaban J connectivity index is 0.00000264. The molecule has 0 aromatic heterocycles. The van der Waals surface area contributed by atoms with Crippen LogP contribution in [-0.4, -0.2) is 31.8 Å². The van der Waals surface area contributed by atoms with E-state index in [0.717, 1.165) is 18.2 Å². The summed E-state index contributed by atoms with van der Waals surface area (Å²) in [6.07, 6.45) is -3.26. The van der Waals surface area contributed by atoms with Gasteiger partial charge in [-0.1, -0.05) is 0 Å². The number of hydrogen-bond donors (Lipinski definition) is 2. The van der Waals surface area contributed by atoms with Gasteiger partial charge < -0.3 is 15.4 Å². The third-order valence-electron chi connectivity index (χ3n) is 3.30. The fraction of sp³-hybridized carbons (Fsp3) is 0.500. The van der Waals surface area contributed by atoms with Crippen molar-refractivity contribution in [2.75, 3.05) is 25.0 Å². The number of carbonyl (C=O) groups is 1. The monoisotopic (exact) mass is 356 g/mol. The summed E-state index contributed by atoms with van der Waals surface area (Å²) in [5.74, 6) is -1.47. The van der Waals surface area contributed by atoms with E-state index in [4.69, 9.17) is 0 Å². The molecule has 1 aliphatic rings. The molecule has 23 heavy (non-hydrogen) atoms. The van der Waals surface area contributed by atoms with Crippen molar-refractivity contribution in [3.63, 3.8) is 0 Å². The van der Waals surface area contributed by atoms with Crippen LogP contribution in [0.15, 0.2) is 18.2 Å². The summed E-state index contributed by atoms with van der Waals surface area (Å²) in [4.78, 5) is 12.1. The van der Waals surface area contributed by atoms with E-state index in [-0.39, 0.29) is 35.7 Å². The van der Waals surface area contributed by atoms with Crippen molar-refractivity contribution < 1.29 is 27.1 Å². The Morgan fingerprint density at radius 3 is 2.57 bits per heavy atom. The molecule has 0 bridgehead atoms. The molecular weight excluding hydrogens is 340 g/mol. The molecule has 130 valence electrons. The summed E-state index contributed by atoms with van der Waals surface area (Å²) >= 11 is 0. The molecule has 0 aliphatic carbocycles. The number of halogens is 5. The van der Waals surface area contributed by atoms with E-state index < -0.39 is 18.6 Å². The smallest absolute Gasteiger partial charge is 0.422 e. The number of benzene rings is 1. The quantitative estimate of drug-likeness (QED) is 0.815. The molecule has 0 atom stereocenters. The number of alkyl halides is 3. The molecule has 1 aromatic rings. The van der Waals surface area contributed by atoms with E-state index in [9.17, 15) is 22.4 Å². The topological polar surface area (TPSA) is 50.4 Å². The summed E-state index contributed by atoms with van der Waals surface area (Å²) in [6, 6.07) is 3.00. The van der Waals surface area contributed by atoms with E-state index in [1.165, 1.54) is 0 Å². The fourth-order valence-corrected chi connectivity index (χ4v) is 2.20. The van der Waals surface area contributed by atoms with E-state index >= 15 is 0 Å². The number of piperidine rings is 1. The van der Waals surface area contributed by atoms with Crippen LogP contribution in [0.5, 0.6) is 5.75 Å². The Morgan fingerprint density at radius 1 is 1.30 bits per heavy atom. The van der Waals surface area contributed by atoms with Crippen molar-refractivity contribution in [3.05, 3.63) is 24.0 Å². The van der Waals surface area contributed by atoms with Crippen LogP contribution in [-0.2, 0) is 4.79 Å². The molecule has 2 rings (SSSR count). The van der Waals surface area contributed by atoms with E-state index in [1.54, 1.807) is 0 Å². The van der Waals surface area contributed by atoms with Crippen molar-refractivity contribution >= 4 is 24.0 Å². The third-order valence-corrected chi connectivity index (χ3v) is 3.30. The maximum Gasteiger partial charge on any atom is 0.422 e. The fourth-order valence-electron chi connectivity index (χ4n) is 2.20. The lowest BCUT2D eigenvalue weighted by Crippen LogP contribution is -2.34. The van der Waals surface area contributed by atoms with Crippen LogP contribution in [0.4, 0.5) is 23.2 Å². The molecule has 0 unspecified atom stereocenters. The second kappa shape index (κ2) is 8.35. The first-order valence-corrected chi connectivity index (χ1v) is 6.86. The molecule has 1 fully saturated rings. The number of nitrogens with one attached hydrogen (secondary N) is 2. The van der Waals surface area contributed by atoms with Gasteiger partial charge in [-0.25, -0.2) is 4.39 Å². The highest BCUT2D eigenvalue weighted by atomic mass is 35.5. The van der Waals surface area contributed by atoms with Gasteiger partial charge in [0.05, 0.1) is 5.69 Å². The Morgan fingerprint density at radius 2 is 1.96 bits per heavy atom. The average molecular weight is 357 g/mol. The lowest BCUT2D eigenvalue weighted by atomic mass is 9.97. The highest BCUT2D eigenvalue weighted by molar-refractivity contribution is 5.94. The van der Waals surface area contributed by atoms with Gasteiger partial charge in [0.2, 0.25) is 5.91 Å². The standard InChI is InChI=1S/C14H16F4N2O2.ClH/c15-10-1-2-12(22-8-14(16,17)18)11(7-10)20-13(21)9-3-5-19-6-4-9;/h1-2,7,9,19H,3-6,8H2,(H,20,21);1H. The first-order valence-electron chi connectivity index (χ1n) is 6.86. The minimum Gasteiger partial charge on any atom is -0.482 e. The van der Waals surface area contributed by atoms with Crippen molar-refractivity contribution in [2.45, 2.75) is 19.0 Å². The van der Waals surface area contributed by atoms with Crippen molar-refractivity contribution in [1.82, 2.24) is 5.32 Å². The second-order valence-corrected chi connectivity index (χ2v) is 5.06. The molecule has 4 nitrogen and oxygen atoms in total. The maximum atomic E-state index is 13.3. The van der Waals surface area contributed by atoms with Crippen LogP contribution >= 0.6 is 12.4 Å². The lowest BCUT2D eigenvalue weighted by Gasteiger charge is -2.22. The predicted octanol–water partition coefficient (Wildman–Crippen LogP) is 3.13. The van der Waals surface area contributed by atoms with Crippen LogP contribution in [0.3, 0.4) is 0 Å². The zero-order chi connectivity index (χ0) is 16.2. The number of carbonyl (C=O) groups excluding carboxylic acids is 1. The Labute approximate surface area is 137 Å². The van der Waals surface area contributed by atoms with Gasteiger partial charge in [0.15, 0.2) is 6.61 Å². The highest BCUT2D eigenvalue weighted by Gasteiger charge is 2.29. The number of ether oxygens (including phenoxy) is 1. The van der Waals surface area contributed by atoms with Crippen LogP contribution in [0.1, 0.15) is 12.8 Å². The van der Waals surface area contributed by atoms with Crippen LogP contribution < -0.4 is 15.4 Å². The van der Waals surface area contributed by atoms with Crippen LogP contribution in [0.25, 0.3) is 0 Å². The van der Waals surface area contributed by atoms with Crippen molar-refractivity contribution in [3.8, 4) is 5.75 Å². The van der Waals surface area contributed by atoms with Gasteiger partial charge in [0.1, 0.15) is 11.6 Å². The van der Waals surface area contributed by atoms with Gasteiger partial charge in [0.25, 0.3) is 0 Å². The van der Waals surface area contributed by atoms with Crippen molar-refractivity contribution in [1.29, 1.82) is 0 Å². The molecule has 1 amide bonds. The summed E-state index contributed by atoms with van der Waals surface area (Å²) in [5, 5.41) is 5.56. The maximum absolute atomic E-state index is 13.3. The van der Waals surface area contributed by atoms with Crippen LogP contribution in [0.2, 0.25) is 0 Å². The molecule has 1 saturated heterocycles. The normalized spacial score (nSPS) is 15.7.